The number of ether oxygens (including phenoxy) is 1. The molecule has 0 radical (unpaired) electrons. The molecule has 4 aromatic rings. The Morgan fingerprint density at radius 2 is 1.92 bits per heavy atom. The van der Waals surface area contributed by atoms with Gasteiger partial charge >= 0.3 is 0 Å². The molecule has 4 rings (SSSR count). The monoisotopic (exact) mass is 349 g/mol. The molecule has 3 heterocycles. The summed E-state index contributed by atoms with van der Waals surface area (Å²) in [7, 11) is 1.63. The number of aromatic amines is 1. The van der Waals surface area contributed by atoms with Crippen molar-refractivity contribution in [3.05, 3.63) is 65.7 Å². The van der Waals surface area contributed by atoms with Gasteiger partial charge in [0, 0.05) is 51.4 Å². The Hall–Kier alpha value is -2.85. The lowest BCUT2D eigenvalue weighted by molar-refractivity contribution is 0.413. The fourth-order valence-corrected chi connectivity index (χ4v) is 3.27. The van der Waals surface area contributed by atoms with Crippen molar-refractivity contribution >= 4 is 22.5 Å². The van der Waals surface area contributed by atoms with Crippen molar-refractivity contribution < 1.29 is 4.74 Å². The Morgan fingerprint density at radius 1 is 1.04 bits per heavy atom. The number of hydrogen-bond acceptors (Lipinski definition) is 3. The van der Waals surface area contributed by atoms with Gasteiger partial charge in [-0.2, -0.15) is 0 Å². The van der Waals surface area contributed by atoms with Crippen molar-refractivity contribution in [2.24, 2.45) is 0 Å². The number of nitrogens with one attached hydrogen (secondary N) is 1. The molecular weight excluding hydrogens is 334 g/mol. The third-order valence-electron chi connectivity index (χ3n) is 4.21. The minimum atomic E-state index is 0.695. The van der Waals surface area contributed by atoms with Crippen LogP contribution in [0.4, 0.5) is 0 Å². The second kappa shape index (κ2) is 6.22. The van der Waals surface area contributed by atoms with Gasteiger partial charge in [-0.1, -0.05) is 17.7 Å². The maximum atomic E-state index is 6.70. The van der Waals surface area contributed by atoms with Crippen molar-refractivity contribution in [3.63, 3.8) is 0 Å². The van der Waals surface area contributed by atoms with Crippen LogP contribution in [-0.4, -0.2) is 22.1 Å². The summed E-state index contributed by atoms with van der Waals surface area (Å²) in [4.78, 5) is 11.9. The van der Waals surface area contributed by atoms with E-state index in [4.69, 9.17) is 16.3 Å². The van der Waals surface area contributed by atoms with Gasteiger partial charge in [0.25, 0.3) is 0 Å². The van der Waals surface area contributed by atoms with E-state index in [0.29, 0.717) is 10.8 Å². The molecule has 124 valence electrons. The number of H-pyrrole nitrogens is 1. The molecule has 1 aromatic carbocycles. The van der Waals surface area contributed by atoms with Crippen LogP contribution >= 0.6 is 11.6 Å². The number of nitrogens with zero attached hydrogens (tertiary/aromatic N) is 2. The van der Waals surface area contributed by atoms with Crippen molar-refractivity contribution in [1.29, 1.82) is 0 Å². The van der Waals surface area contributed by atoms with Crippen LogP contribution in [0.25, 0.3) is 33.3 Å². The number of pyridine rings is 2. The average Bonchev–Trinajstić information content (AvgIpc) is 3.07. The van der Waals surface area contributed by atoms with Gasteiger partial charge in [-0.05, 0) is 37.3 Å². The smallest absolute Gasteiger partial charge is 0.137 e. The van der Waals surface area contributed by atoms with Gasteiger partial charge in [-0.15, -0.1) is 0 Å². The molecule has 0 fully saturated rings. The molecule has 25 heavy (non-hydrogen) atoms. The molecule has 0 saturated heterocycles. The number of aromatic nitrogens is 3. The maximum absolute atomic E-state index is 6.70. The quantitative estimate of drug-likeness (QED) is 0.548. The van der Waals surface area contributed by atoms with E-state index in [1.54, 1.807) is 19.5 Å². The molecule has 0 bridgehead atoms. The number of aryl methyl sites for hydroxylation is 1. The number of hydrogen-bond donors (Lipinski definition) is 1. The van der Waals surface area contributed by atoms with Crippen LogP contribution in [0.5, 0.6) is 5.75 Å². The fourth-order valence-electron chi connectivity index (χ4n) is 2.94. The lowest BCUT2D eigenvalue weighted by atomic mass is 10.1. The van der Waals surface area contributed by atoms with Crippen LogP contribution in [0.3, 0.4) is 0 Å². The molecule has 0 saturated carbocycles. The van der Waals surface area contributed by atoms with Crippen LogP contribution < -0.4 is 4.74 Å². The Kier molecular flexibility index (Phi) is 3.90. The molecule has 0 aliphatic rings. The van der Waals surface area contributed by atoms with Crippen LogP contribution in [0.1, 0.15) is 5.69 Å². The molecule has 0 aliphatic carbocycles. The number of halogens is 1. The molecule has 1 N–H and O–H groups in total. The second-order valence-electron chi connectivity index (χ2n) is 5.87. The topological polar surface area (TPSA) is 50.8 Å². The summed E-state index contributed by atoms with van der Waals surface area (Å²) in [6, 6.07) is 12.1. The van der Waals surface area contributed by atoms with Crippen LogP contribution in [0.2, 0.25) is 5.02 Å². The standard InChI is InChI=1S/C20H16ClN3O/c1-12-7-13(5-6-23-12)19-9-17-18(24-19)4-3-16(20(17)21)14-8-15(25-2)11-22-10-14/h3-11,24H,1-2H3. The van der Waals surface area contributed by atoms with E-state index in [1.807, 2.05) is 43.5 Å². The molecule has 0 unspecified atom stereocenters. The third-order valence-corrected chi connectivity index (χ3v) is 4.61. The predicted molar refractivity (Wildman–Crippen MR) is 101 cm³/mol. The summed E-state index contributed by atoms with van der Waals surface area (Å²) in [6.45, 7) is 1.98. The highest BCUT2D eigenvalue weighted by molar-refractivity contribution is 6.38. The van der Waals surface area contributed by atoms with Crippen LogP contribution in [0.15, 0.2) is 55.0 Å². The normalized spacial score (nSPS) is 11.0. The van der Waals surface area contributed by atoms with Gasteiger partial charge < -0.3 is 9.72 Å². The molecule has 0 amide bonds. The number of fused-ring (bicyclic) bond motifs is 1. The lowest BCUT2D eigenvalue weighted by Gasteiger charge is -2.07. The van der Waals surface area contributed by atoms with Gasteiger partial charge in [-0.25, -0.2) is 0 Å². The van der Waals surface area contributed by atoms with E-state index in [9.17, 15) is 0 Å². The summed E-state index contributed by atoms with van der Waals surface area (Å²) in [5.74, 6) is 0.704. The zero-order valence-electron chi connectivity index (χ0n) is 13.9. The molecule has 4 nitrogen and oxygen atoms in total. The number of rotatable bonds is 3. The summed E-state index contributed by atoms with van der Waals surface area (Å²) >= 11 is 6.70. The first kappa shape index (κ1) is 15.7. The third kappa shape index (κ3) is 2.85. The van der Waals surface area contributed by atoms with E-state index >= 15 is 0 Å². The van der Waals surface area contributed by atoms with E-state index in [1.165, 1.54) is 0 Å². The van der Waals surface area contributed by atoms with Crippen molar-refractivity contribution in [3.8, 4) is 28.1 Å². The minimum absolute atomic E-state index is 0.695. The summed E-state index contributed by atoms with van der Waals surface area (Å²) in [5, 5.41) is 1.67. The van der Waals surface area contributed by atoms with Crippen LogP contribution in [-0.2, 0) is 0 Å². The van der Waals surface area contributed by atoms with Gasteiger partial charge in [0.05, 0.1) is 18.3 Å². The minimum Gasteiger partial charge on any atom is -0.495 e. The van der Waals surface area contributed by atoms with E-state index in [2.05, 4.69) is 21.0 Å². The Labute approximate surface area is 150 Å². The molecule has 0 aliphatic heterocycles. The zero-order valence-corrected chi connectivity index (χ0v) is 14.6. The zero-order chi connectivity index (χ0) is 17.4. The molecule has 5 heteroatoms. The highest BCUT2D eigenvalue weighted by Gasteiger charge is 2.12. The summed E-state index contributed by atoms with van der Waals surface area (Å²) < 4.78 is 5.26. The predicted octanol–water partition coefficient (Wildman–Crippen LogP) is 5.26. The van der Waals surface area contributed by atoms with Crippen molar-refractivity contribution in [2.45, 2.75) is 6.92 Å². The van der Waals surface area contributed by atoms with E-state index < -0.39 is 0 Å². The highest BCUT2D eigenvalue weighted by Crippen LogP contribution is 2.37. The van der Waals surface area contributed by atoms with Gasteiger partial charge in [0.2, 0.25) is 0 Å². The lowest BCUT2D eigenvalue weighted by Crippen LogP contribution is -1.87. The number of benzene rings is 1. The van der Waals surface area contributed by atoms with Gasteiger partial charge in [0.1, 0.15) is 5.75 Å². The van der Waals surface area contributed by atoms with E-state index in [0.717, 1.165) is 39.0 Å². The number of methoxy groups -OCH3 is 1. The van der Waals surface area contributed by atoms with Gasteiger partial charge in [0.15, 0.2) is 0 Å². The van der Waals surface area contributed by atoms with Gasteiger partial charge in [-0.3, -0.25) is 9.97 Å². The molecule has 0 spiro atoms. The van der Waals surface area contributed by atoms with Crippen molar-refractivity contribution in [2.75, 3.05) is 7.11 Å². The molecular formula is C20H16ClN3O. The highest BCUT2D eigenvalue weighted by atomic mass is 35.5. The van der Waals surface area contributed by atoms with Crippen molar-refractivity contribution in [1.82, 2.24) is 15.0 Å². The maximum Gasteiger partial charge on any atom is 0.137 e. The van der Waals surface area contributed by atoms with Crippen LogP contribution in [0, 0.1) is 6.92 Å². The fraction of sp³-hybridized carbons (Fsp3) is 0.100. The Morgan fingerprint density at radius 3 is 2.72 bits per heavy atom. The first-order valence-corrected chi connectivity index (χ1v) is 8.27. The average molecular weight is 350 g/mol. The van der Waals surface area contributed by atoms with E-state index in [-0.39, 0.29) is 0 Å². The first-order valence-electron chi connectivity index (χ1n) is 7.89. The molecule has 3 aromatic heterocycles. The first-order chi connectivity index (χ1) is 12.2. The Bertz CT molecular complexity index is 1070. The summed E-state index contributed by atoms with van der Waals surface area (Å²) in [5.41, 5.74) is 5.93. The Balaban J connectivity index is 1.85. The SMILES string of the molecule is COc1cncc(-c2ccc3[nH]c(-c4ccnc(C)c4)cc3c2Cl)c1. The second-order valence-corrected chi connectivity index (χ2v) is 6.25. The molecule has 0 atom stereocenters. The largest absolute Gasteiger partial charge is 0.495 e. The summed E-state index contributed by atoms with van der Waals surface area (Å²) in [6.07, 6.45) is 5.27.